The highest BCUT2D eigenvalue weighted by atomic mass is 16.2. The van der Waals surface area contributed by atoms with Crippen molar-refractivity contribution in [3.8, 4) is 0 Å². The minimum Gasteiger partial charge on any atom is -0.386 e. The lowest BCUT2D eigenvalue weighted by Crippen LogP contribution is -2.53. The molecule has 3 heterocycles. The molecule has 3 rings (SSSR count). The highest BCUT2D eigenvalue weighted by molar-refractivity contribution is 5.99. The van der Waals surface area contributed by atoms with Crippen molar-refractivity contribution in [1.82, 2.24) is 25.1 Å². The van der Waals surface area contributed by atoms with E-state index in [1.165, 1.54) is 5.01 Å². The van der Waals surface area contributed by atoms with E-state index in [-0.39, 0.29) is 11.8 Å². The van der Waals surface area contributed by atoms with Gasteiger partial charge in [0.05, 0.1) is 5.69 Å². The van der Waals surface area contributed by atoms with Crippen LogP contribution >= 0.6 is 0 Å². The van der Waals surface area contributed by atoms with E-state index in [4.69, 9.17) is 0 Å². The number of rotatable bonds is 6. The number of anilines is 1. The first-order chi connectivity index (χ1) is 14.0. The van der Waals surface area contributed by atoms with Gasteiger partial charge in [0, 0.05) is 57.4 Å². The number of aromatic nitrogens is 1. The van der Waals surface area contributed by atoms with Crippen molar-refractivity contribution in [2.24, 2.45) is 5.10 Å². The van der Waals surface area contributed by atoms with Gasteiger partial charge in [-0.3, -0.25) is 9.59 Å². The maximum Gasteiger partial charge on any atom is 0.293 e. The van der Waals surface area contributed by atoms with Crippen LogP contribution < -0.4 is 10.6 Å². The maximum atomic E-state index is 13.1. The van der Waals surface area contributed by atoms with E-state index in [2.05, 4.69) is 34.0 Å². The number of hydrogen-bond donors (Lipinski definition) is 2. The molecule has 2 aliphatic heterocycles. The first kappa shape index (κ1) is 20.4. The summed E-state index contributed by atoms with van der Waals surface area (Å²) in [5.41, 5.74) is 3.39. The Bertz CT molecular complexity index is 856. The van der Waals surface area contributed by atoms with Gasteiger partial charge in [0.1, 0.15) is 12.4 Å². The molecule has 29 heavy (non-hydrogen) atoms. The first-order valence-corrected chi connectivity index (χ1v) is 9.64. The number of piperazine rings is 1. The van der Waals surface area contributed by atoms with Crippen LogP contribution in [0.4, 0.5) is 5.69 Å². The van der Waals surface area contributed by atoms with Crippen LogP contribution in [-0.4, -0.2) is 78.2 Å². The molecule has 1 fully saturated rings. The van der Waals surface area contributed by atoms with E-state index in [0.29, 0.717) is 49.9 Å². The van der Waals surface area contributed by atoms with Gasteiger partial charge in [0.2, 0.25) is 0 Å². The molecule has 0 aliphatic carbocycles. The zero-order chi connectivity index (χ0) is 21.0. The van der Waals surface area contributed by atoms with Crippen LogP contribution in [0.2, 0.25) is 0 Å². The quantitative estimate of drug-likeness (QED) is 0.700. The minimum absolute atomic E-state index is 0.134. The summed E-state index contributed by atoms with van der Waals surface area (Å²) in [6.45, 7) is 11.7. The van der Waals surface area contributed by atoms with Gasteiger partial charge < -0.3 is 20.4 Å². The number of carbonyl (C=O) groups is 2. The largest absolute Gasteiger partial charge is 0.386 e. The molecule has 2 aliphatic rings. The van der Waals surface area contributed by atoms with Crippen molar-refractivity contribution in [2.45, 2.75) is 13.3 Å². The van der Waals surface area contributed by atoms with Crippen LogP contribution in [0, 0.1) is 0 Å². The average Bonchev–Trinajstić information content (AvgIpc) is 2.77. The average molecular weight is 397 g/mol. The molecular weight excluding hydrogens is 370 g/mol. The van der Waals surface area contributed by atoms with Gasteiger partial charge in [-0.1, -0.05) is 19.6 Å². The van der Waals surface area contributed by atoms with Crippen molar-refractivity contribution in [3.05, 3.63) is 41.5 Å². The van der Waals surface area contributed by atoms with E-state index in [1.54, 1.807) is 24.2 Å². The van der Waals surface area contributed by atoms with Crippen LogP contribution in [0.15, 0.2) is 35.3 Å². The van der Waals surface area contributed by atoms with E-state index < -0.39 is 0 Å². The third-order valence-electron chi connectivity index (χ3n) is 5.23. The standard InChI is InChI=1S/C20H27N7O2/c1-5-14-7-8-23-17(16(14)21-3)19(28)26-11-9-25(10-12-26)18-15(6-2)24-13-27(22-4)20(18)29/h5,7-8,21,24H,1,4,6,9-13H2,2-3H3. The molecule has 0 spiro atoms. The topological polar surface area (TPSA) is 93.2 Å². The van der Waals surface area contributed by atoms with Crippen LogP contribution in [-0.2, 0) is 4.79 Å². The normalized spacial score (nSPS) is 17.2. The Labute approximate surface area is 170 Å². The van der Waals surface area contributed by atoms with Gasteiger partial charge in [-0.05, 0) is 12.5 Å². The molecule has 9 nitrogen and oxygen atoms in total. The summed E-state index contributed by atoms with van der Waals surface area (Å²) in [6.07, 6.45) is 4.03. The highest BCUT2D eigenvalue weighted by Gasteiger charge is 2.33. The molecule has 154 valence electrons. The smallest absolute Gasteiger partial charge is 0.293 e. The number of carbonyl (C=O) groups excluding carboxylic acids is 2. The van der Waals surface area contributed by atoms with Crippen molar-refractivity contribution in [1.29, 1.82) is 0 Å². The molecule has 1 saturated heterocycles. The molecule has 0 aromatic carbocycles. The lowest BCUT2D eigenvalue weighted by Gasteiger charge is -2.40. The fourth-order valence-electron chi connectivity index (χ4n) is 3.66. The van der Waals surface area contributed by atoms with Crippen LogP contribution in [0.1, 0.15) is 29.4 Å². The lowest BCUT2D eigenvalue weighted by atomic mass is 10.1. The third kappa shape index (κ3) is 3.80. The number of nitrogens with zero attached hydrogens (tertiary/aromatic N) is 5. The van der Waals surface area contributed by atoms with Crippen LogP contribution in [0.25, 0.3) is 6.08 Å². The second-order valence-corrected chi connectivity index (χ2v) is 6.72. The molecule has 1 aromatic rings. The Morgan fingerprint density at radius 3 is 2.69 bits per heavy atom. The Balaban J connectivity index is 1.76. The van der Waals surface area contributed by atoms with Gasteiger partial charge in [-0.2, -0.15) is 5.10 Å². The molecular formula is C20H27N7O2. The van der Waals surface area contributed by atoms with Gasteiger partial charge in [-0.25, -0.2) is 9.99 Å². The highest BCUT2D eigenvalue weighted by Crippen LogP contribution is 2.24. The van der Waals surface area contributed by atoms with E-state index in [9.17, 15) is 9.59 Å². The molecule has 0 bridgehead atoms. The monoisotopic (exact) mass is 397 g/mol. The molecule has 0 unspecified atom stereocenters. The fourth-order valence-corrected chi connectivity index (χ4v) is 3.66. The SMILES string of the molecule is C=Cc1ccnc(C(=O)N2CCN(C3=C(CC)NCN(N=C)C3=O)CC2)c1NC. The molecule has 0 radical (unpaired) electrons. The molecule has 9 heteroatoms. The predicted molar refractivity (Wildman–Crippen MR) is 113 cm³/mol. The summed E-state index contributed by atoms with van der Waals surface area (Å²) in [5, 5.41) is 11.4. The van der Waals surface area contributed by atoms with E-state index in [1.807, 2.05) is 17.9 Å². The Morgan fingerprint density at radius 2 is 2.10 bits per heavy atom. The summed E-state index contributed by atoms with van der Waals surface area (Å²) < 4.78 is 0. The van der Waals surface area contributed by atoms with Gasteiger partial charge in [0.15, 0.2) is 5.69 Å². The minimum atomic E-state index is -0.159. The Hall–Kier alpha value is -3.36. The van der Waals surface area contributed by atoms with Crippen molar-refractivity contribution in [2.75, 3.05) is 45.2 Å². The number of nitrogens with one attached hydrogen (secondary N) is 2. The van der Waals surface area contributed by atoms with Crippen molar-refractivity contribution >= 4 is 30.3 Å². The summed E-state index contributed by atoms with van der Waals surface area (Å²) in [5.74, 6) is -0.293. The van der Waals surface area contributed by atoms with Crippen molar-refractivity contribution in [3.63, 3.8) is 0 Å². The summed E-state index contributed by atoms with van der Waals surface area (Å²) in [7, 11) is 1.76. The van der Waals surface area contributed by atoms with E-state index in [0.717, 1.165) is 17.7 Å². The van der Waals surface area contributed by atoms with Crippen LogP contribution in [0.5, 0.6) is 0 Å². The number of allylic oxidation sites excluding steroid dienone is 1. The zero-order valence-corrected chi connectivity index (χ0v) is 16.9. The van der Waals surface area contributed by atoms with Gasteiger partial charge in [-0.15, -0.1) is 0 Å². The number of hydrogen-bond acceptors (Lipinski definition) is 7. The third-order valence-corrected chi connectivity index (χ3v) is 5.23. The van der Waals surface area contributed by atoms with Crippen LogP contribution in [0.3, 0.4) is 0 Å². The molecule has 1 aromatic heterocycles. The summed E-state index contributed by atoms with van der Waals surface area (Å²) in [6, 6.07) is 1.81. The fraction of sp³-hybridized carbons (Fsp3) is 0.400. The summed E-state index contributed by atoms with van der Waals surface area (Å²) in [4.78, 5) is 33.9. The Morgan fingerprint density at radius 1 is 1.38 bits per heavy atom. The second-order valence-electron chi connectivity index (χ2n) is 6.72. The molecule has 2 amide bonds. The second kappa shape index (κ2) is 8.76. The van der Waals surface area contributed by atoms with E-state index >= 15 is 0 Å². The number of hydrazone groups is 1. The van der Waals surface area contributed by atoms with Gasteiger partial charge >= 0.3 is 0 Å². The number of pyridine rings is 1. The van der Waals surface area contributed by atoms with Crippen molar-refractivity contribution < 1.29 is 9.59 Å². The Kier molecular flexibility index (Phi) is 6.16. The summed E-state index contributed by atoms with van der Waals surface area (Å²) >= 11 is 0. The lowest BCUT2D eigenvalue weighted by molar-refractivity contribution is -0.130. The zero-order valence-electron chi connectivity index (χ0n) is 16.9. The number of amides is 2. The molecule has 0 saturated carbocycles. The molecule has 0 atom stereocenters. The first-order valence-electron chi connectivity index (χ1n) is 9.64. The molecule has 2 N–H and O–H groups in total. The van der Waals surface area contributed by atoms with Gasteiger partial charge in [0.25, 0.3) is 11.8 Å². The predicted octanol–water partition coefficient (Wildman–Crippen LogP) is 1.15. The maximum absolute atomic E-state index is 13.1.